The number of aryl methyl sites for hydroxylation is 1. The molecule has 2 atom stereocenters. The summed E-state index contributed by atoms with van der Waals surface area (Å²) in [4.78, 5) is 12.8. The van der Waals surface area contributed by atoms with E-state index in [9.17, 15) is 4.79 Å². The van der Waals surface area contributed by atoms with E-state index in [2.05, 4.69) is 15.7 Å². The fourth-order valence-electron chi connectivity index (χ4n) is 4.18. The Bertz CT molecular complexity index is 676. The van der Waals surface area contributed by atoms with Gasteiger partial charge in [-0.05, 0) is 50.7 Å². The average molecular weight is 355 g/mol. The van der Waals surface area contributed by atoms with Crippen LogP contribution in [0.4, 0.5) is 0 Å². The Kier molecular flexibility index (Phi) is 4.69. The summed E-state index contributed by atoms with van der Waals surface area (Å²) in [6.45, 7) is 2.74. The zero-order valence-electron chi connectivity index (χ0n) is 15.5. The first kappa shape index (κ1) is 17.5. The van der Waals surface area contributed by atoms with Gasteiger partial charge in [-0.2, -0.15) is 5.11 Å². The third-order valence-electron chi connectivity index (χ3n) is 6.13. The SMILES string of the molecule is Cc1ccc(C(=O)N[C@@H](C2CCCCC2)C2CN(C3(N)CC3)N=N2)cc1. The van der Waals surface area contributed by atoms with Crippen molar-refractivity contribution in [3.63, 3.8) is 0 Å². The van der Waals surface area contributed by atoms with E-state index in [0.29, 0.717) is 18.0 Å². The molecular formula is C20H29N5O. The smallest absolute Gasteiger partial charge is 0.251 e. The molecular weight excluding hydrogens is 326 g/mol. The number of benzene rings is 1. The van der Waals surface area contributed by atoms with Gasteiger partial charge in [-0.3, -0.25) is 9.80 Å². The highest BCUT2D eigenvalue weighted by Gasteiger charge is 2.48. The molecule has 4 rings (SSSR count). The molecule has 1 aromatic carbocycles. The predicted octanol–water partition coefficient (Wildman–Crippen LogP) is 3.17. The maximum absolute atomic E-state index is 12.8. The van der Waals surface area contributed by atoms with E-state index in [4.69, 9.17) is 5.73 Å². The summed E-state index contributed by atoms with van der Waals surface area (Å²) in [7, 11) is 0. The number of carbonyl (C=O) groups excluding carboxylic acids is 1. The van der Waals surface area contributed by atoms with Crippen LogP contribution in [0, 0.1) is 12.8 Å². The second kappa shape index (κ2) is 6.99. The quantitative estimate of drug-likeness (QED) is 0.851. The van der Waals surface area contributed by atoms with Gasteiger partial charge in [0.15, 0.2) is 0 Å². The molecule has 1 aliphatic heterocycles. The van der Waals surface area contributed by atoms with Gasteiger partial charge in [-0.15, -0.1) is 0 Å². The van der Waals surface area contributed by atoms with Crippen molar-refractivity contribution in [1.29, 1.82) is 0 Å². The van der Waals surface area contributed by atoms with Crippen LogP contribution in [0.5, 0.6) is 0 Å². The van der Waals surface area contributed by atoms with E-state index in [1.54, 1.807) is 0 Å². The summed E-state index contributed by atoms with van der Waals surface area (Å²) in [5.74, 6) is 0.457. The monoisotopic (exact) mass is 355 g/mol. The minimum atomic E-state index is -0.295. The van der Waals surface area contributed by atoms with Crippen LogP contribution in [-0.4, -0.2) is 35.2 Å². The van der Waals surface area contributed by atoms with Crippen molar-refractivity contribution in [1.82, 2.24) is 10.3 Å². The number of nitrogens with one attached hydrogen (secondary N) is 1. The zero-order chi connectivity index (χ0) is 18.1. The molecule has 2 aliphatic carbocycles. The molecule has 0 bridgehead atoms. The van der Waals surface area contributed by atoms with Crippen molar-refractivity contribution in [2.75, 3.05) is 6.54 Å². The summed E-state index contributed by atoms with van der Waals surface area (Å²) >= 11 is 0. The largest absolute Gasteiger partial charge is 0.347 e. The maximum Gasteiger partial charge on any atom is 0.251 e. The molecule has 0 spiro atoms. The van der Waals surface area contributed by atoms with Crippen LogP contribution < -0.4 is 11.1 Å². The molecule has 3 aliphatic rings. The Hall–Kier alpha value is -1.95. The molecule has 6 heteroatoms. The normalized spacial score (nSPS) is 25.9. The third kappa shape index (κ3) is 3.61. The highest BCUT2D eigenvalue weighted by molar-refractivity contribution is 5.94. The van der Waals surface area contributed by atoms with Gasteiger partial charge in [0.1, 0.15) is 11.7 Å². The second-order valence-electron chi connectivity index (χ2n) is 8.22. The fourth-order valence-corrected chi connectivity index (χ4v) is 4.18. The Balaban J connectivity index is 1.48. The van der Waals surface area contributed by atoms with Crippen LogP contribution in [-0.2, 0) is 0 Å². The Labute approximate surface area is 155 Å². The first-order valence-electron chi connectivity index (χ1n) is 9.90. The highest BCUT2D eigenvalue weighted by Crippen LogP contribution is 2.39. The summed E-state index contributed by atoms with van der Waals surface area (Å²) < 4.78 is 0. The third-order valence-corrected chi connectivity index (χ3v) is 6.13. The van der Waals surface area contributed by atoms with Gasteiger partial charge in [-0.25, -0.2) is 0 Å². The van der Waals surface area contributed by atoms with E-state index >= 15 is 0 Å². The van der Waals surface area contributed by atoms with Crippen molar-refractivity contribution in [2.24, 2.45) is 22.0 Å². The molecule has 1 aromatic rings. The molecule has 0 aromatic heterocycles. The lowest BCUT2D eigenvalue weighted by molar-refractivity contribution is 0.0896. The van der Waals surface area contributed by atoms with Crippen LogP contribution in [0.3, 0.4) is 0 Å². The summed E-state index contributed by atoms with van der Waals surface area (Å²) in [6, 6.07) is 7.77. The molecule has 3 N–H and O–H groups in total. The van der Waals surface area contributed by atoms with Crippen molar-refractivity contribution < 1.29 is 4.79 Å². The van der Waals surface area contributed by atoms with Crippen LogP contribution in [0.2, 0.25) is 0 Å². The van der Waals surface area contributed by atoms with E-state index in [0.717, 1.165) is 31.2 Å². The summed E-state index contributed by atoms with van der Waals surface area (Å²) in [5, 5.41) is 14.1. The first-order chi connectivity index (χ1) is 12.5. The number of carbonyl (C=O) groups is 1. The van der Waals surface area contributed by atoms with E-state index in [-0.39, 0.29) is 23.7 Å². The molecule has 2 saturated carbocycles. The summed E-state index contributed by atoms with van der Waals surface area (Å²) in [6.07, 6.45) is 8.01. The van der Waals surface area contributed by atoms with Crippen molar-refractivity contribution in [2.45, 2.75) is 69.6 Å². The number of nitrogens with zero attached hydrogens (tertiary/aromatic N) is 3. The van der Waals surface area contributed by atoms with Crippen LogP contribution >= 0.6 is 0 Å². The number of hydrogen-bond donors (Lipinski definition) is 2. The molecule has 0 radical (unpaired) electrons. The van der Waals surface area contributed by atoms with Crippen molar-refractivity contribution in [3.8, 4) is 0 Å². The fraction of sp³-hybridized carbons (Fsp3) is 0.650. The standard InChI is InChI=1S/C20H29N5O/c1-14-7-9-16(10-8-14)19(26)22-18(15-5-3-2-4-6-15)17-13-25(24-23-17)20(21)11-12-20/h7-10,15,17-18H,2-6,11-13,21H2,1H3,(H,22,26)/t17?,18-/m0/s1. The van der Waals surface area contributed by atoms with E-state index < -0.39 is 0 Å². The topological polar surface area (TPSA) is 83.1 Å². The van der Waals surface area contributed by atoms with E-state index in [1.807, 2.05) is 36.2 Å². The Morgan fingerprint density at radius 3 is 2.58 bits per heavy atom. The Morgan fingerprint density at radius 1 is 1.23 bits per heavy atom. The van der Waals surface area contributed by atoms with Gasteiger partial charge in [0.25, 0.3) is 5.91 Å². The summed E-state index contributed by atoms with van der Waals surface area (Å²) in [5.41, 5.74) is 7.85. The van der Waals surface area contributed by atoms with Gasteiger partial charge >= 0.3 is 0 Å². The number of rotatable bonds is 5. The van der Waals surface area contributed by atoms with Gasteiger partial charge in [0, 0.05) is 5.56 Å². The number of amides is 1. The minimum Gasteiger partial charge on any atom is -0.347 e. The first-order valence-corrected chi connectivity index (χ1v) is 9.90. The average Bonchev–Trinajstić information content (AvgIpc) is 3.21. The van der Waals surface area contributed by atoms with Gasteiger partial charge < -0.3 is 11.1 Å². The molecule has 1 amide bonds. The lowest BCUT2D eigenvalue weighted by Crippen LogP contribution is -2.51. The zero-order valence-corrected chi connectivity index (χ0v) is 15.5. The second-order valence-corrected chi connectivity index (χ2v) is 8.22. The molecule has 140 valence electrons. The number of nitrogens with two attached hydrogens (primary N) is 1. The lowest BCUT2D eigenvalue weighted by Gasteiger charge is -2.33. The lowest BCUT2D eigenvalue weighted by atomic mass is 9.81. The molecule has 1 heterocycles. The van der Waals surface area contributed by atoms with Crippen molar-refractivity contribution in [3.05, 3.63) is 35.4 Å². The molecule has 2 fully saturated rings. The highest BCUT2D eigenvalue weighted by atomic mass is 16.1. The van der Waals surface area contributed by atoms with Crippen LogP contribution in [0.1, 0.15) is 60.9 Å². The molecule has 6 nitrogen and oxygen atoms in total. The maximum atomic E-state index is 12.8. The molecule has 1 unspecified atom stereocenters. The number of hydrogen-bond acceptors (Lipinski definition) is 5. The van der Waals surface area contributed by atoms with Crippen LogP contribution in [0.25, 0.3) is 0 Å². The molecule has 26 heavy (non-hydrogen) atoms. The minimum absolute atomic E-state index is 0.00600. The van der Waals surface area contributed by atoms with Gasteiger partial charge in [0.2, 0.25) is 0 Å². The van der Waals surface area contributed by atoms with Gasteiger partial charge in [-0.1, -0.05) is 42.2 Å². The van der Waals surface area contributed by atoms with Gasteiger partial charge in [0.05, 0.1) is 12.6 Å². The molecule has 0 saturated heterocycles. The van der Waals surface area contributed by atoms with Crippen molar-refractivity contribution >= 4 is 5.91 Å². The van der Waals surface area contributed by atoms with Crippen LogP contribution in [0.15, 0.2) is 34.6 Å². The Morgan fingerprint density at radius 2 is 1.92 bits per heavy atom. The predicted molar refractivity (Wildman–Crippen MR) is 101 cm³/mol. The van der Waals surface area contributed by atoms with E-state index in [1.165, 1.54) is 19.3 Å².